The van der Waals surface area contributed by atoms with Gasteiger partial charge in [-0.15, -0.1) is 11.8 Å². The van der Waals surface area contributed by atoms with E-state index in [-0.39, 0.29) is 0 Å². The molecule has 1 aliphatic rings. The Bertz CT molecular complexity index is 325. The van der Waals surface area contributed by atoms with Crippen LogP contribution in [0.4, 0.5) is 5.69 Å². The van der Waals surface area contributed by atoms with Gasteiger partial charge in [0, 0.05) is 16.7 Å². The van der Waals surface area contributed by atoms with E-state index < -0.39 is 0 Å². The van der Waals surface area contributed by atoms with E-state index in [4.69, 9.17) is 5.73 Å². The van der Waals surface area contributed by atoms with E-state index in [9.17, 15) is 0 Å². The Hall–Kier alpha value is -0.670. The highest BCUT2D eigenvalue weighted by Gasteiger charge is 2.18. The number of nitrogens with two attached hydrogens (primary N) is 1. The standard InChI is InChI=1S/C11H16N2S/c1-8-3-2-4-10-11(8)13-9(5-6-12)7-14-10/h2-4,9,13H,5-7,12H2,1H3. The normalized spacial score (nSPS) is 20.0. The molecule has 0 spiro atoms. The van der Waals surface area contributed by atoms with Crippen LogP contribution in [0.1, 0.15) is 12.0 Å². The first-order valence-corrected chi connectivity index (χ1v) is 5.99. The monoisotopic (exact) mass is 208 g/mol. The number of para-hydroxylation sites is 1. The first-order chi connectivity index (χ1) is 6.81. The van der Waals surface area contributed by atoms with Crippen LogP contribution < -0.4 is 11.1 Å². The van der Waals surface area contributed by atoms with Gasteiger partial charge in [-0.1, -0.05) is 12.1 Å². The zero-order chi connectivity index (χ0) is 9.97. The molecule has 3 heteroatoms. The van der Waals surface area contributed by atoms with Crippen molar-refractivity contribution in [1.29, 1.82) is 0 Å². The van der Waals surface area contributed by atoms with Gasteiger partial charge in [0.25, 0.3) is 0 Å². The van der Waals surface area contributed by atoms with E-state index >= 15 is 0 Å². The lowest BCUT2D eigenvalue weighted by Gasteiger charge is -2.27. The van der Waals surface area contributed by atoms with Gasteiger partial charge in [-0.3, -0.25) is 0 Å². The molecule has 2 rings (SSSR count). The lowest BCUT2D eigenvalue weighted by molar-refractivity contribution is 0.717. The Labute approximate surface area is 89.3 Å². The van der Waals surface area contributed by atoms with Gasteiger partial charge in [-0.05, 0) is 31.5 Å². The summed E-state index contributed by atoms with van der Waals surface area (Å²) in [6.45, 7) is 2.91. The summed E-state index contributed by atoms with van der Waals surface area (Å²) in [6, 6.07) is 6.99. The van der Waals surface area contributed by atoms with Crippen LogP contribution in [0.15, 0.2) is 23.1 Å². The first-order valence-electron chi connectivity index (χ1n) is 5.00. The highest BCUT2D eigenvalue weighted by atomic mass is 32.2. The Kier molecular flexibility index (Phi) is 2.99. The summed E-state index contributed by atoms with van der Waals surface area (Å²) in [4.78, 5) is 1.37. The zero-order valence-electron chi connectivity index (χ0n) is 8.42. The van der Waals surface area contributed by atoms with Crippen molar-refractivity contribution in [2.24, 2.45) is 5.73 Å². The molecule has 1 heterocycles. The van der Waals surface area contributed by atoms with Crippen LogP contribution in [0.3, 0.4) is 0 Å². The second-order valence-electron chi connectivity index (χ2n) is 3.68. The van der Waals surface area contributed by atoms with Crippen molar-refractivity contribution >= 4 is 17.4 Å². The zero-order valence-corrected chi connectivity index (χ0v) is 9.23. The molecule has 0 aromatic heterocycles. The molecule has 0 saturated heterocycles. The fourth-order valence-corrected chi connectivity index (χ4v) is 2.91. The molecule has 0 saturated carbocycles. The van der Waals surface area contributed by atoms with Gasteiger partial charge in [0.2, 0.25) is 0 Å². The maximum atomic E-state index is 5.57. The van der Waals surface area contributed by atoms with Crippen molar-refractivity contribution < 1.29 is 0 Å². The van der Waals surface area contributed by atoms with Crippen molar-refractivity contribution in [3.8, 4) is 0 Å². The fourth-order valence-electron chi connectivity index (χ4n) is 1.74. The maximum Gasteiger partial charge on any atom is 0.0510 e. The fraction of sp³-hybridized carbons (Fsp3) is 0.455. The molecule has 2 nitrogen and oxygen atoms in total. The number of fused-ring (bicyclic) bond motifs is 1. The van der Waals surface area contributed by atoms with E-state index in [0.717, 1.165) is 18.7 Å². The van der Waals surface area contributed by atoms with E-state index in [0.29, 0.717) is 6.04 Å². The third-order valence-electron chi connectivity index (χ3n) is 2.54. The molecular weight excluding hydrogens is 192 g/mol. The Morgan fingerprint density at radius 1 is 1.57 bits per heavy atom. The minimum absolute atomic E-state index is 0.540. The highest BCUT2D eigenvalue weighted by molar-refractivity contribution is 7.99. The summed E-state index contributed by atoms with van der Waals surface area (Å²) in [5.74, 6) is 1.13. The average Bonchev–Trinajstić information content (AvgIpc) is 2.20. The lowest BCUT2D eigenvalue weighted by Crippen LogP contribution is -2.28. The summed E-state index contributed by atoms with van der Waals surface area (Å²) in [5.41, 5.74) is 8.21. The number of thioether (sulfide) groups is 1. The third-order valence-corrected chi connectivity index (χ3v) is 3.76. The van der Waals surface area contributed by atoms with Gasteiger partial charge in [0.1, 0.15) is 0 Å². The number of hydrogen-bond acceptors (Lipinski definition) is 3. The summed E-state index contributed by atoms with van der Waals surface area (Å²) in [7, 11) is 0. The second kappa shape index (κ2) is 4.24. The van der Waals surface area contributed by atoms with Gasteiger partial charge < -0.3 is 11.1 Å². The van der Waals surface area contributed by atoms with Gasteiger partial charge >= 0.3 is 0 Å². The van der Waals surface area contributed by atoms with Crippen molar-refractivity contribution in [3.63, 3.8) is 0 Å². The molecule has 1 unspecified atom stereocenters. The largest absolute Gasteiger partial charge is 0.380 e. The number of rotatable bonds is 2. The molecular formula is C11H16N2S. The molecule has 1 aromatic carbocycles. The molecule has 0 fully saturated rings. The van der Waals surface area contributed by atoms with Crippen molar-refractivity contribution in [2.75, 3.05) is 17.6 Å². The SMILES string of the molecule is Cc1cccc2c1NC(CCN)CS2. The quantitative estimate of drug-likeness (QED) is 0.782. The lowest BCUT2D eigenvalue weighted by atomic mass is 10.1. The molecule has 0 radical (unpaired) electrons. The van der Waals surface area contributed by atoms with E-state index in [2.05, 4.69) is 30.4 Å². The molecule has 3 N–H and O–H groups in total. The molecule has 0 bridgehead atoms. The van der Waals surface area contributed by atoms with Crippen LogP contribution in [0.25, 0.3) is 0 Å². The van der Waals surface area contributed by atoms with Crippen LogP contribution in [0.5, 0.6) is 0 Å². The topological polar surface area (TPSA) is 38.0 Å². The second-order valence-corrected chi connectivity index (χ2v) is 4.74. The van der Waals surface area contributed by atoms with Gasteiger partial charge in [-0.25, -0.2) is 0 Å². The molecule has 1 atom stereocenters. The van der Waals surface area contributed by atoms with E-state index in [1.807, 2.05) is 11.8 Å². The number of nitrogens with one attached hydrogen (secondary N) is 1. The molecule has 0 aliphatic carbocycles. The number of aryl methyl sites for hydroxylation is 1. The van der Waals surface area contributed by atoms with Gasteiger partial charge in [-0.2, -0.15) is 0 Å². The predicted molar refractivity (Wildman–Crippen MR) is 63.0 cm³/mol. The highest BCUT2D eigenvalue weighted by Crippen LogP contribution is 2.35. The molecule has 14 heavy (non-hydrogen) atoms. The summed E-state index contributed by atoms with van der Waals surface area (Å²) in [6.07, 6.45) is 1.06. The summed E-state index contributed by atoms with van der Waals surface area (Å²) >= 11 is 1.93. The minimum Gasteiger partial charge on any atom is -0.380 e. The van der Waals surface area contributed by atoms with Crippen LogP contribution in [-0.2, 0) is 0 Å². The van der Waals surface area contributed by atoms with Crippen LogP contribution in [0.2, 0.25) is 0 Å². The van der Waals surface area contributed by atoms with E-state index in [1.165, 1.54) is 16.1 Å². The number of hydrogen-bond donors (Lipinski definition) is 2. The Morgan fingerprint density at radius 2 is 2.43 bits per heavy atom. The molecule has 1 aliphatic heterocycles. The first kappa shape index (κ1) is 9.87. The van der Waals surface area contributed by atoms with E-state index in [1.54, 1.807) is 0 Å². The molecule has 0 amide bonds. The molecule has 76 valence electrons. The smallest absolute Gasteiger partial charge is 0.0510 e. The van der Waals surface area contributed by atoms with Crippen LogP contribution in [-0.4, -0.2) is 18.3 Å². The van der Waals surface area contributed by atoms with Crippen molar-refractivity contribution in [2.45, 2.75) is 24.3 Å². The van der Waals surface area contributed by atoms with Crippen molar-refractivity contribution in [1.82, 2.24) is 0 Å². The van der Waals surface area contributed by atoms with Crippen LogP contribution >= 0.6 is 11.8 Å². The third kappa shape index (κ3) is 1.88. The van der Waals surface area contributed by atoms with Gasteiger partial charge in [0.15, 0.2) is 0 Å². The minimum atomic E-state index is 0.540. The Morgan fingerprint density at radius 3 is 3.21 bits per heavy atom. The van der Waals surface area contributed by atoms with Crippen molar-refractivity contribution in [3.05, 3.63) is 23.8 Å². The number of benzene rings is 1. The summed E-state index contributed by atoms with van der Waals surface area (Å²) in [5, 5.41) is 3.57. The predicted octanol–water partition coefficient (Wildman–Crippen LogP) is 2.23. The molecule has 1 aromatic rings. The van der Waals surface area contributed by atoms with Gasteiger partial charge in [0.05, 0.1) is 5.69 Å². The number of anilines is 1. The Balaban J connectivity index is 2.20. The van der Waals surface area contributed by atoms with Crippen LogP contribution in [0, 0.1) is 6.92 Å². The summed E-state index contributed by atoms with van der Waals surface area (Å²) < 4.78 is 0. The maximum absolute atomic E-state index is 5.57. The average molecular weight is 208 g/mol.